The molecule has 2 N–H and O–H groups in total. The molecule has 0 amide bonds. The number of carboxylic acid groups (broad SMARTS) is 1. The number of nitrogens with zero attached hydrogens (tertiary/aromatic N) is 3. The van der Waals surface area contributed by atoms with E-state index in [1.54, 1.807) is 4.57 Å². The average molecular weight is 402 g/mol. The summed E-state index contributed by atoms with van der Waals surface area (Å²) >= 11 is 0. The summed E-state index contributed by atoms with van der Waals surface area (Å²) in [7, 11) is 0. The van der Waals surface area contributed by atoms with Crippen LogP contribution < -0.4 is 11.2 Å². The first-order chi connectivity index (χ1) is 13.9. The SMILES string of the molecule is CCCn1c(=O)c2[nH]c(C3CCC4CCC3(C(=O)O)CC4)nc2n(CCC)c1=O. The van der Waals surface area contributed by atoms with Crippen molar-refractivity contribution in [3.05, 3.63) is 26.7 Å². The van der Waals surface area contributed by atoms with E-state index in [-0.39, 0.29) is 17.2 Å². The fraction of sp³-hybridized carbons (Fsp3) is 0.714. The van der Waals surface area contributed by atoms with Gasteiger partial charge in [-0.15, -0.1) is 0 Å². The Hall–Kier alpha value is -2.38. The number of aromatic amines is 1. The molecule has 0 spiro atoms. The number of rotatable bonds is 6. The summed E-state index contributed by atoms with van der Waals surface area (Å²) < 4.78 is 2.83. The third-order valence-electron chi connectivity index (χ3n) is 7.06. The number of imidazole rings is 1. The number of H-pyrrole nitrogens is 1. The Balaban J connectivity index is 1.92. The van der Waals surface area contributed by atoms with E-state index in [1.165, 1.54) is 4.57 Å². The molecule has 0 aliphatic heterocycles. The van der Waals surface area contributed by atoms with Crippen molar-refractivity contribution in [2.24, 2.45) is 11.3 Å². The summed E-state index contributed by atoms with van der Waals surface area (Å²) in [5, 5.41) is 10.1. The Morgan fingerprint density at radius 1 is 1.10 bits per heavy atom. The molecule has 3 fully saturated rings. The van der Waals surface area contributed by atoms with Gasteiger partial charge in [-0.2, -0.15) is 0 Å². The minimum Gasteiger partial charge on any atom is -0.481 e. The Morgan fingerprint density at radius 2 is 1.76 bits per heavy atom. The molecule has 3 aliphatic rings. The van der Waals surface area contributed by atoms with E-state index >= 15 is 0 Å². The Labute approximate surface area is 169 Å². The summed E-state index contributed by atoms with van der Waals surface area (Å²) in [6.07, 6.45) is 6.33. The van der Waals surface area contributed by atoms with Crippen LogP contribution in [0.1, 0.15) is 77.0 Å². The van der Waals surface area contributed by atoms with Crippen molar-refractivity contribution in [1.29, 1.82) is 0 Å². The van der Waals surface area contributed by atoms with Gasteiger partial charge in [0.05, 0.1) is 5.41 Å². The molecular formula is C21H30N4O4. The van der Waals surface area contributed by atoms with Gasteiger partial charge in [-0.3, -0.25) is 18.7 Å². The zero-order valence-electron chi connectivity index (χ0n) is 17.2. The highest BCUT2D eigenvalue weighted by Gasteiger charge is 2.52. The van der Waals surface area contributed by atoms with Crippen LogP contribution in [0.2, 0.25) is 0 Å². The summed E-state index contributed by atoms with van der Waals surface area (Å²) in [6.45, 7) is 4.73. The number of fused-ring (bicyclic) bond motifs is 5. The lowest BCUT2D eigenvalue weighted by atomic mass is 9.66. The molecule has 0 radical (unpaired) electrons. The van der Waals surface area contributed by atoms with E-state index in [0.717, 1.165) is 32.1 Å². The van der Waals surface area contributed by atoms with Crippen molar-refractivity contribution >= 4 is 17.1 Å². The maximum absolute atomic E-state index is 13.0. The van der Waals surface area contributed by atoms with Gasteiger partial charge in [0.15, 0.2) is 5.65 Å². The lowest BCUT2D eigenvalue weighted by Crippen LogP contribution is -2.40. The molecule has 1 atom stereocenters. The van der Waals surface area contributed by atoms with E-state index in [1.807, 2.05) is 13.8 Å². The quantitative estimate of drug-likeness (QED) is 0.772. The molecule has 29 heavy (non-hydrogen) atoms. The molecule has 8 nitrogen and oxygen atoms in total. The van der Waals surface area contributed by atoms with Gasteiger partial charge in [0.2, 0.25) is 0 Å². The normalized spacial score (nSPS) is 26.7. The van der Waals surface area contributed by atoms with Gasteiger partial charge in [0, 0.05) is 19.0 Å². The molecular weight excluding hydrogens is 372 g/mol. The van der Waals surface area contributed by atoms with Crippen LogP contribution in [0.25, 0.3) is 11.2 Å². The van der Waals surface area contributed by atoms with Gasteiger partial charge >= 0.3 is 11.7 Å². The zero-order chi connectivity index (χ0) is 20.8. The van der Waals surface area contributed by atoms with E-state index in [2.05, 4.69) is 4.98 Å². The van der Waals surface area contributed by atoms with Crippen LogP contribution in [-0.4, -0.2) is 30.2 Å². The van der Waals surface area contributed by atoms with Crippen LogP contribution >= 0.6 is 0 Å². The van der Waals surface area contributed by atoms with Crippen molar-refractivity contribution < 1.29 is 9.90 Å². The number of aromatic nitrogens is 4. The van der Waals surface area contributed by atoms with Gasteiger partial charge in [0.25, 0.3) is 5.56 Å². The number of carboxylic acids is 1. The number of carbonyl (C=O) groups is 1. The highest BCUT2D eigenvalue weighted by Crippen LogP contribution is 2.54. The van der Waals surface area contributed by atoms with Gasteiger partial charge < -0.3 is 10.1 Å². The Bertz CT molecular complexity index is 1040. The standard InChI is InChI=1S/C21H30N4O4/c1-3-11-24-17-15(18(26)25(12-4-2)20(24)29)22-16(23-17)14-6-5-13-7-9-21(14,10-8-13)19(27)28/h13-14H,3-12H2,1-2H3,(H,22,23)(H,27,28). The summed E-state index contributed by atoms with van der Waals surface area (Å²) in [4.78, 5) is 46.1. The first-order valence-corrected chi connectivity index (χ1v) is 10.9. The van der Waals surface area contributed by atoms with Crippen LogP contribution in [0.5, 0.6) is 0 Å². The Morgan fingerprint density at radius 3 is 2.38 bits per heavy atom. The van der Waals surface area contributed by atoms with Crippen molar-refractivity contribution in [2.45, 2.75) is 84.2 Å². The Kier molecular flexibility index (Phi) is 5.12. The van der Waals surface area contributed by atoms with Crippen LogP contribution in [0.15, 0.2) is 9.59 Å². The topological polar surface area (TPSA) is 110 Å². The highest BCUT2D eigenvalue weighted by atomic mass is 16.4. The van der Waals surface area contributed by atoms with Gasteiger partial charge in [-0.1, -0.05) is 13.8 Å². The van der Waals surface area contributed by atoms with Gasteiger partial charge in [0.1, 0.15) is 11.3 Å². The second-order valence-electron chi connectivity index (χ2n) is 8.75. The lowest BCUT2D eigenvalue weighted by Gasteiger charge is -2.37. The van der Waals surface area contributed by atoms with E-state index < -0.39 is 11.4 Å². The number of nitrogens with one attached hydrogen (secondary N) is 1. The molecule has 2 aromatic rings. The minimum atomic E-state index is -0.834. The number of hydrogen-bond acceptors (Lipinski definition) is 4. The molecule has 0 saturated heterocycles. The fourth-order valence-electron chi connectivity index (χ4n) is 5.47. The van der Waals surface area contributed by atoms with Crippen LogP contribution in [0, 0.1) is 11.3 Å². The van der Waals surface area contributed by atoms with Crippen molar-refractivity contribution in [2.75, 3.05) is 0 Å². The summed E-state index contributed by atoms with van der Waals surface area (Å²) in [5.74, 6) is 0.110. The van der Waals surface area contributed by atoms with Crippen LogP contribution in [0.3, 0.4) is 0 Å². The molecule has 2 heterocycles. The smallest absolute Gasteiger partial charge is 0.332 e. The first kappa shape index (κ1) is 19.9. The molecule has 158 valence electrons. The summed E-state index contributed by atoms with van der Waals surface area (Å²) in [6, 6.07) is 0. The highest BCUT2D eigenvalue weighted by molar-refractivity contribution is 5.77. The molecule has 1 unspecified atom stereocenters. The van der Waals surface area contributed by atoms with Gasteiger partial charge in [-0.25, -0.2) is 9.78 Å². The predicted octanol–water partition coefficient (Wildman–Crippen LogP) is 2.84. The maximum atomic E-state index is 13.0. The van der Waals surface area contributed by atoms with Crippen molar-refractivity contribution in [3.8, 4) is 0 Å². The number of hydrogen-bond donors (Lipinski definition) is 2. The first-order valence-electron chi connectivity index (χ1n) is 10.9. The largest absolute Gasteiger partial charge is 0.481 e. The molecule has 3 saturated carbocycles. The maximum Gasteiger partial charge on any atom is 0.332 e. The molecule has 5 rings (SSSR count). The molecule has 0 aromatic carbocycles. The van der Waals surface area contributed by atoms with E-state index in [4.69, 9.17) is 4.98 Å². The third-order valence-corrected chi connectivity index (χ3v) is 7.06. The molecule has 3 aliphatic carbocycles. The van der Waals surface area contributed by atoms with Gasteiger partial charge in [-0.05, 0) is 57.3 Å². The third kappa shape index (κ3) is 3.04. The number of aliphatic carboxylic acids is 1. The average Bonchev–Trinajstić information content (AvgIpc) is 2.95. The van der Waals surface area contributed by atoms with Crippen LogP contribution in [-0.2, 0) is 17.9 Å². The van der Waals surface area contributed by atoms with Crippen molar-refractivity contribution in [1.82, 2.24) is 19.1 Å². The van der Waals surface area contributed by atoms with Crippen LogP contribution in [0.4, 0.5) is 0 Å². The second kappa shape index (κ2) is 7.46. The molecule has 2 aromatic heterocycles. The lowest BCUT2D eigenvalue weighted by molar-refractivity contribution is -0.152. The predicted molar refractivity (Wildman–Crippen MR) is 109 cm³/mol. The minimum absolute atomic E-state index is 0.260. The second-order valence-corrected chi connectivity index (χ2v) is 8.75. The number of aryl methyl sites for hydroxylation is 1. The fourth-order valence-corrected chi connectivity index (χ4v) is 5.47. The summed E-state index contributed by atoms with van der Waals surface area (Å²) in [5.41, 5.74) is -0.845. The van der Waals surface area contributed by atoms with E-state index in [9.17, 15) is 19.5 Å². The van der Waals surface area contributed by atoms with Crippen molar-refractivity contribution in [3.63, 3.8) is 0 Å². The zero-order valence-corrected chi connectivity index (χ0v) is 17.2. The molecule has 2 bridgehead atoms. The van der Waals surface area contributed by atoms with E-state index in [0.29, 0.717) is 55.3 Å². The molecule has 8 heteroatoms. The monoisotopic (exact) mass is 402 g/mol.